The average molecular weight is 258 g/mol. The van der Waals surface area contributed by atoms with E-state index in [0.717, 1.165) is 38.4 Å². The Labute approximate surface area is 114 Å². The van der Waals surface area contributed by atoms with Crippen molar-refractivity contribution < 1.29 is 9.47 Å². The van der Waals surface area contributed by atoms with Gasteiger partial charge >= 0.3 is 0 Å². The first-order chi connectivity index (χ1) is 8.70. The Morgan fingerprint density at radius 2 is 1.22 bits per heavy atom. The second-order valence-corrected chi connectivity index (χ2v) is 5.56. The summed E-state index contributed by atoms with van der Waals surface area (Å²) in [6.45, 7) is 10.7. The van der Waals surface area contributed by atoms with Gasteiger partial charge in [-0.2, -0.15) is 0 Å². The molecule has 2 heteroatoms. The van der Waals surface area contributed by atoms with Crippen LogP contribution in [0.5, 0.6) is 0 Å². The number of unbranched alkanes of at least 4 members (excludes halogenated alkanes) is 4. The van der Waals surface area contributed by atoms with E-state index in [0.29, 0.717) is 0 Å². The molecular weight excluding hydrogens is 224 g/mol. The maximum atomic E-state index is 5.85. The van der Waals surface area contributed by atoms with Crippen molar-refractivity contribution in [1.29, 1.82) is 0 Å². The van der Waals surface area contributed by atoms with Crippen molar-refractivity contribution in [3.05, 3.63) is 0 Å². The first-order valence-electron chi connectivity index (χ1n) is 7.93. The summed E-state index contributed by atoms with van der Waals surface area (Å²) in [5, 5.41) is 0. The molecule has 0 aliphatic heterocycles. The Bertz CT molecular complexity index is 145. The molecule has 0 heterocycles. The highest BCUT2D eigenvalue weighted by atomic mass is 16.7. The monoisotopic (exact) mass is 258 g/mol. The summed E-state index contributed by atoms with van der Waals surface area (Å²) in [4.78, 5) is 0. The third-order valence-corrected chi connectivity index (χ3v) is 3.08. The third kappa shape index (κ3) is 12.4. The number of rotatable bonds is 13. The van der Waals surface area contributed by atoms with Gasteiger partial charge in [-0.1, -0.05) is 53.4 Å². The standard InChI is InChI=1S/C16H34O2/c1-5-7-9-13-17-16(12-11-15(3)4)18-14-10-8-6-2/h15-16H,5-14H2,1-4H3. The van der Waals surface area contributed by atoms with Crippen molar-refractivity contribution in [1.82, 2.24) is 0 Å². The highest BCUT2D eigenvalue weighted by Crippen LogP contribution is 2.12. The zero-order valence-electron chi connectivity index (χ0n) is 13.0. The van der Waals surface area contributed by atoms with Crippen molar-refractivity contribution in [3.63, 3.8) is 0 Å². The van der Waals surface area contributed by atoms with Crippen LogP contribution in [0.1, 0.15) is 79.1 Å². The van der Waals surface area contributed by atoms with Crippen LogP contribution in [-0.4, -0.2) is 19.5 Å². The Morgan fingerprint density at radius 3 is 1.61 bits per heavy atom. The van der Waals surface area contributed by atoms with Gasteiger partial charge in [-0.05, 0) is 31.6 Å². The summed E-state index contributed by atoms with van der Waals surface area (Å²) in [6.07, 6.45) is 9.58. The molecule has 0 saturated carbocycles. The highest BCUT2D eigenvalue weighted by Gasteiger charge is 2.10. The van der Waals surface area contributed by atoms with E-state index in [1.54, 1.807) is 0 Å². The second kappa shape index (κ2) is 13.4. The molecule has 0 radical (unpaired) electrons. The van der Waals surface area contributed by atoms with Crippen LogP contribution in [0.25, 0.3) is 0 Å². The predicted molar refractivity (Wildman–Crippen MR) is 78.8 cm³/mol. The van der Waals surface area contributed by atoms with Crippen LogP contribution in [0.3, 0.4) is 0 Å². The van der Waals surface area contributed by atoms with E-state index in [4.69, 9.17) is 9.47 Å². The summed E-state index contributed by atoms with van der Waals surface area (Å²) < 4.78 is 11.7. The molecule has 110 valence electrons. The number of hydrogen-bond acceptors (Lipinski definition) is 2. The van der Waals surface area contributed by atoms with Crippen LogP contribution in [-0.2, 0) is 9.47 Å². The van der Waals surface area contributed by atoms with Gasteiger partial charge in [-0.15, -0.1) is 0 Å². The van der Waals surface area contributed by atoms with Gasteiger partial charge in [0.2, 0.25) is 0 Å². The molecule has 0 aliphatic rings. The molecule has 0 N–H and O–H groups in total. The van der Waals surface area contributed by atoms with Crippen LogP contribution >= 0.6 is 0 Å². The molecule has 0 bridgehead atoms. The van der Waals surface area contributed by atoms with Crippen LogP contribution in [0.15, 0.2) is 0 Å². The maximum Gasteiger partial charge on any atom is 0.157 e. The van der Waals surface area contributed by atoms with E-state index >= 15 is 0 Å². The lowest BCUT2D eigenvalue weighted by molar-refractivity contribution is -0.148. The molecule has 0 amide bonds. The predicted octanol–water partition coefficient (Wildman–Crippen LogP) is 5.16. The lowest BCUT2D eigenvalue weighted by Gasteiger charge is -2.19. The molecule has 0 spiro atoms. The van der Waals surface area contributed by atoms with Crippen molar-refractivity contribution in [2.24, 2.45) is 5.92 Å². The molecule has 0 aromatic rings. The van der Waals surface area contributed by atoms with Gasteiger partial charge in [0.1, 0.15) is 0 Å². The van der Waals surface area contributed by atoms with Gasteiger partial charge in [0.05, 0.1) is 0 Å². The fourth-order valence-corrected chi connectivity index (χ4v) is 1.82. The van der Waals surface area contributed by atoms with E-state index in [1.165, 1.54) is 32.1 Å². The van der Waals surface area contributed by atoms with Crippen molar-refractivity contribution in [2.45, 2.75) is 85.4 Å². The smallest absolute Gasteiger partial charge is 0.157 e. The third-order valence-electron chi connectivity index (χ3n) is 3.08. The molecule has 0 rings (SSSR count). The minimum absolute atomic E-state index is 0.0288. The van der Waals surface area contributed by atoms with Crippen LogP contribution in [0.2, 0.25) is 0 Å². The molecular formula is C16H34O2. The van der Waals surface area contributed by atoms with E-state index in [-0.39, 0.29) is 6.29 Å². The van der Waals surface area contributed by atoms with Crippen molar-refractivity contribution in [3.8, 4) is 0 Å². The zero-order chi connectivity index (χ0) is 13.6. The highest BCUT2D eigenvalue weighted by molar-refractivity contribution is 4.52. The SMILES string of the molecule is CCCCCOC(CCC(C)C)OCCCCC. The fourth-order valence-electron chi connectivity index (χ4n) is 1.82. The van der Waals surface area contributed by atoms with Crippen LogP contribution < -0.4 is 0 Å². The van der Waals surface area contributed by atoms with Crippen molar-refractivity contribution in [2.75, 3.05) is 13.2 Å². The van der Waals surface area contributed by atoms with E-state index in [1.807, 2.05) is 0 Å². The molecule has 0 aromatic heterocycles. The second-order valence-electron chi connectivity index (χ2n) is 5.56. The van der Waals surface area contributed by atoms with E-state index in [2.05, 4.69) is 27.7 Å². The molecule has 0 aliphatic carbocycles. The van der Waals surface area contributed by atoms with Gasteiger partial charge in [0, 0.05) is 13.2 Å². The fraction of sp³-hybridized carbons (Fsp3) is 1.00. The Morgan fingerprint density at radius 1 is 0.722 bits per heavy atom. The molecule has 2 nitrogen and oxygen atoms in total. The maximum absolute atomic E-state index is 5.85. The molecule has 0 fully saturated rings. The molecule has 18 heavy (non-hydrogen) atoms. The number of hydrogen-bond donors (Lipinski definition) is 0. The molecule has 0 atom stereocenters. The van der Waals surface area contributed by atoms with Gasteiger partial charge < -0.3 is 9.47 Å². The minimum Gasteiger partial charge on any atom is -0.353 e. The van der Waals surface area contributed by atoms with Gasteiger partial charge in [0.25, 0.3) is 0 Å². The van der Waals surface area contributed by atoms with Crippen LogP contribution in [0, 0.1) is 5.92 Å². The van der Waals surface area contributed by atoms with Crippen LogP contribution in [0.4, 0.5) is 0 Å². The Hall–Kier alpha value is -0.0800. The summed E-state index contributed by atoms with van der Waals surface area (Å²) >= 11 is 0. The molecule has 0 saturated heterocycles. The van der Waals surface area contributed by atoms with Crippen molar-refractivity contribution >= 4 is 0 Å². The summed E-state index contributed by atoms with van der Waals surface area (Å²) in [5.74, 6) is 0.728. The molecule has 0 aromatic carbocycles. The summed E-state index contributed by atoms with van der Waals surface area (Å²) in [6, 6.07) is 0. The molecule has 0 unspecified atom stereocenters. The largest absolute Gasteiger partial charge is 0.353 e. The Balaban J connectivity index is 3.69. The first kappa shape index (κ1) is 17.9. The summed E-state index contributed by atoms with van der Waals surface area (Å²) in [5.41, 5.74) is 0. The van der Waals surface area contributed by atoms with Gasteiger partial charge in [-0.25, -0.2) is 0 Å². The lowest BCUT2D eigenvalue weighted by atomic mass is 10.1. The Kier molecular flexibility index (Phi) is 13.3. The summed E-state index contributed by atoms with van der Waals surface area (Å²) in [7, 11) is 0. The lowest BCUT2D eigenvalue weighted by Crippen LogP contribution is -2.19. The zero-order valence-corrected chi connectivity index (χ0v) is 13.0. The normalized spacial score (nSPS) is 11.7. The van der Waals surface area contributed by atoms with E-state index in [9.17, 15) is 0 Å². The van der Waals surface area contributed by atoms with Gasteiger partial charge in [-0.3, -0.25) is 0 Å². The topological polar surface area (TPSA) is 18.5 Å². The quantitative estimate of drug-likeness (QED) is 0.335. The average Bonchev–Trinajstić information content (AvgIpc) is 2.35. The number of ether oxygens (including phenoxy) is 2. The van der Waals surface area contributed by atoms with E-state index < -0.39 is 0 Å². The minimum atomic E-state index is 0.0288. The van der Waals surface area contributed by atoms with Gasteiger partial charge in [0.15, 0.2) is 6.29 Å². The first-order valence-corrected chi connectivity index (χ1v) is 7.93.